The first kappa shape index (κ1) is 29.2. The maximum absolute atomic E-state index is 15.6. The molecule has 0 radical (unpaired) electrons. The van der Waals surface area contributed by atoms with Gasteiger partial charge in [0.15, 0.2) is 0 Å². The van der Waals surface area contributed by atoms with E-state index < -0.39 is 57.0 Å². The van der Waals surface area contributed by atoms with Gasteiger partial charge in [-0.2, -0.15) is 13.1 Å². The van der Waals surface area contributed by atoms with Crippen LogP contribution in [-0.2, 0) is 20.7 Å². The Morgan fingerprint density at radius 2 is 1.65 bits per heavy atom. The quantitative estimate of drug-likeness (QED) is 0.440. The minimum absolute atomic E-state index is 0.0764. The number of sulfonamides is 1. The number of piperazine rings is 1. The Balaban J connectivity index is 1.56. The standard InChI is InChI=1S/C27H26F4N4O4S/c1-16-11-20(7-9-23(16)28)33-25(36)19-6-8-24(29)22(12-19)27(30,31)26(37)35-17(2)14-34(15-18(35)3)40(38,39)21-5-4-10-32-13-21/h4-13,17-18H,14-15H2,1-3H3,(H,33,36)/t17-,18+. The zero-order chi connectivity index (χ0) is 29.4. The number of aryl methyl sites for hydroxylation is 1. The van der Waals surface area contributed by atoms with Crippen molar-refractivity contribution in [2.75, 3.05) is 18.4 Å². The zero-order valence-electron chi connectivity index (χ0n) is 21.7. The Kier molecular flexibility index (Phi) is 7.99. The third-order valence-corrected chi connectivity index (χ3v) is 8.46. The van der Waals surface area contributed by atoms with Crippen LogP contribution in [0.4, 0.5) is 23.2 Å². The van der Waals surface area contributed by atoms with Crippen LogP contribution in [0.5, 0.6) is 0 Å². The lowest BCUT2D eigenvalue weighted by Gasteiger charge is -2.44. The monoisotopic (exact) mass is 578 g/mol. The number of hydrogen-bond donors (Lipinski definition) is 1. The van der Waals surface area contributed by atoms with E-state index in [2.05, 4.69) is 10.3 Å². The lowest BCUT2D eigenvalue weighted by Crippen LogP contribution is -2.62. The van der Waals surface area contributed by atoms with Crippen molar-refractivity contribution >= 4 is 27.5 Å². The highest BCUT2D eigenvalue weighted by Gasteiger charge is 2.50. The molecule has 4 rings (SSSR count). The van der Waals surface area contributed by atoms with Crippen LogP contribution in [0.15, 0.2) is 65.8 Å². The van der Waals surface area contributed by atoms with Gasteiger partial charge in [0.25, 0.3) is 11.8 Å². The Hall–Kier alpha value is -3.84. The topological polar surface area (TPSA) is 99.7 Å². The Morgan fingerprint density at radius 1 is 1.00 bits per heavy atom. The fourth-order valence-corrected chi connectivity index (χ4v) is 6.20. The number of carbonyl (C=O) groups excluding carboxylic acids is 2. The van der Waals surface area contributed by atoms with E-state index in [1.165, 1.54) is 57.4 Å². The van der Waals surface area contributed by atoms with Crippen LogP contribution in [0.1, 0.15) is 35.3 Å². The summed E-state index contributed by atoms with van der Waals surface area (Å²) in [6, 6.07) is 6.82. The molecule has 2 heterocycles. The van der Waals surface area contributed by atoms with Crippen molar-refractivity contribution in [1.82, 2.24) is 14.2 Å². The lowest BCUT2D eigenvalue weighted by atomic mass is 10.0. The third kappa shape index (κ3) is 5.56. The minimum atomic E-state index is -4.38. The molecule has 1 aliphatic heterocycles. The second kappa shape index (κ2) is 11.0. The van der Waals surface area contributed by atoms with E-state index >= 15 is 8.78 Å². The van der Waals surface area contributed by atoms with Crippen LogP contribution in [0.3, 0.4) is 0 Å². The molecule has 0 spiro atoms. The fraction of sp³-hybridized carbons (Fsp3) is 0.296. The molecule has 212 valence electrons. The number of halogens is 4. The second-order valence-corrected chi connectivity index (χ2v) is 11.5. The van der Waals surface area contributed by atoms with Gasteiger partial charge >= 0.3 is 5.92 Å². The van der Waals surface area contributed by atoms with Gasteiger partial charge in [-0.1, -0.05) is 0 Å². The molecule has 0 unspecified atom stereocenters. The highest BCUT2D eigenvalue weighted by Crippen LogP contribution is 2.36. The second-order valence-electron chi connectivity index (χ2n) is 9.61. The number of anilines is 1. The number of alkyl halides is 2. The molecule has 1 aliphatic rings. The van der Waals surface area contributed by atoms with E-state index in [-0.39, 0.29) is 34.8 Å². The molecule has 0 saturated carbocycles. The molecule has 2 amide bonds. The van der Waals surface area contributed by atoms with Gasteiger partial charge in [0, 0.05) is 48.8 Å². The van der Waals surface area contributed by atoms with Crippen molar-refractivity contribution < 1.29 is 35.6 Å². The van der Waals surface area contributed by atoms with Crippen LogP contribution >= 0.6 is 0 Å². The van der Waals surface area contributed by atoms with Crippen molar-refractivity contribution in [3.8, 4) is 0 Å². The first-order chi connectivity index (χ1) is 18.7. The summed E-state index contributed by atoms with van der Waals surface area (Å²) in [5.41, 5.74) is -1.21. The smallest absolute Gasteiger partial charge is 0.329 e. The van der Waals surface area contributed by atoms with Crippen molar-refractivity contribution in [2.45, 2.75) is 43.7 Å². The molecule has 1 aromatic heterocycles. The van der Waals surface area contributed by atoms with E-state index in [1.54, 1.807) is 0 Å². The molecule has 0 aliphatic carbocycles. The third-order valence-electron chi connectivity index (χ3n) is 6.64. The highest BCUT2D eigenvalue weighted by molar-refractivity contribution is 7.89. The van der Waals surface area contributed by atoms with Gasteiger partial charge in [-0.05, 0) is 74.9 Å². The maximum atomic E-state index is 15.6. The van der Waals surface area contributed by atoms with Crippen LogP contribution in [0.2, 0.25) is 0 Å². The van der Waals surface area contributed by atoms with E-state index in [4.69, 9.17) is 0 Å². The normalized spacial score (nSPS) is 18.4. The molecular formula is C27H26F4N4O4S. The summed E-state index contributed by atoms with van der Waals surface area (Å²) in [4.78, 5) is 30.4. The van der Waals surface area contributed by atoms with E-state index in [9.17, 15) is 26.8 Å². The van der Waals surface area contributed by atoms with Crippen molar-refractivity contribution in [2.24, 2.45) is 0 Å². The van der Waals surface area contributed by atoms with E-state index in [0.717, 1.165) is 21.3 Å². The van der Waals surface area contributed by atoms with Gasteiger partial charge in [0.1, 0.15) is 16.5 Å². The van der Waals surface area contributed by atoms with Gasteiger partial charge in [-0.25, -0.2) is 17.2 Å². The predicted molar refractivity (Wildman–Crippen MR) is 138 cm³/mol. The average Bonchev–Trinajstić information content (AvgIpc) is 2.90. The summed E-state index contributed by atoms with van der Waals surface area (Å²) in [5.74, 6) is -8.87. The Bertz CT molecular complexity index is 1540. The summed E-state index contributed by atoms with van der Waals surface area (Å²) >= 11 is 0. The van der Waals surface area contributed by atoms with E-state index in [1.807, 2.05) is 0 Å². The average molecular weight is 579 g/mol. The molecule has 13 heteroatoms. The number of amides is 2. The maximum Gasteiger partial charge on any atom is 0.352 e. The number of nitrogens with one attached hydrogen (secondary N) is 1. The van der Waals surface area contributed by atoms with Crippen LogP contribution in [0.25, 0.3) is 0 Å². The fourth-order valence-electron chi connectivity index (χ4n) is 4.63. The number of carbonyl (C=O) groups is 2. The van der Waals surface area contributed by atoms with Gasteiger partial charge in [0.2, 0.25) is 10.0 Å². The number of rotatable bonds is 6. The van der Waals surface area contributed by atoms with Crippen LogP contribution in [-0.4, -0.2) is 59.6 Å². The van der Waals surface area contributed by atoms with E-state index in [0.29, 0.717) is 12.1 Å². The van der Waals surface area contributed by atoms with Crippen LogP contribution < -0.4 is 5.32 Å². The molecule has 0 bridgehead atoms. The summed E-state index contributed by atoms with van der Waals surface area (Å²) in [7, 11) is -4.00. The zero-order valence-corrected chi connectivity index (χ0v) is 22.6. The first-order valence-electron chi connectivity index (χ1n) is 12.2. The SMILES string of the molecule is Cc1cc(NC(=O)c2ccc(F)c(C(F)(F)C(=O)N3[C@H](C)CN(S(=O)(=O)c4cccnc4)C[C@@H]3C)c2)ccc1F. The molecular weight excluding hydrogens is 552 g/mol. The predicted octanol–water partition coefficient (Wildman–Crippen LogP) is 4.32. The minimum Gasteiger partial charge on any atom is -0.329 e. The van der Waals surface area contributed by atoms with Gasteiger partial charge in [-0.15, -0.1) is 0 Å². The van der Waals surface area contributed by atoms with Crippen molar-refractivity contribution in [3.63, 3.8) is 0 Å². The summed E-state index contributed by atoms with van der Waals surface area (Å²) < 4.78 is 86.4. The van der Waals surface area contributed by atoms with Crippen LogP contribution in [0, 0.1) is 18.6 Å². The Labute approximate surface area is 228 Å². The number of nitrogens with zero attached hydrogens (tertiary/aromatic N) is 3. The number of hydrogen-bond acceptors (Lipinski definition) is 5. The highest BCUT2D eigenvalue weighted by atomic mass is 32.2. The van der Waals surface area contributed by atoms with Gasteiger partial charge < -0.3 is 10.2 Å². The number of pyridine rings is 1. The molecule has 1 N–H and O–H groups in total. The number of benzene rings is 2. The lowest BCUT2D eigenvalue weighted by molar-refractivity contribution is -0.166. The first-order valence-corrected chi connectivity index (χ1v) is 13.7. The van der Waals surface area contributed by atoms with Gasteiger partial charge in [0.05, 0.1) is 5.56 Å². The molecule has 3 aromatic rings. The molecule has 1 saturated heterocycles. The van der Waals surface area contributed by atoms with Crippen molar-refractivity contribution in [1.29, 1.82) is 0 Å². The van der Waals surface area contributed by atoms with Crippen molar-refractivity contribution in [3.05, 3.63) is 89.2 Å². The summed E-state index contributed by atoms with van der Waals surface area (Å²) in [6.07, 6.45) is 2.57. The summed E-state index contributed by atoms with van der Waals surface area (Å²) in [5, 5.41) is 2.43. The molecule has 2 aromatic carbocycles. The summed E-state index contributed by atoms with van der Waals surface area (Å²) in [6.45, 7) is 3.76. The molecule has 40 heavy (non-hydrogen) atoms. The molecule has 2 atom stereocenters. The molecule has 8 nitrogen and oxygen atoms in total. The number of aromatic nitrogens is 1. The Morgan fingerprint density at radius 3 is 2.25 bits per heavy atom. The van der Waals surface area contributed by atoms with Gasteiger partial charge in [-0.3, -0.25) is 14.6 Å². The molecule has 1 fully saturated rings. The largest absolute Gasteiger partial charge is 0.352 e.